The Hall–Kier alpha value is -5.39. The van der Waals surface area contributed by atoms with Crippen molar-refractivity contribution in [2.75, 3.05) is 31.8 Å². The van der Waals surface area contributed by atoms with Gasteiger partial charge in [0.1, 0.15) is 17.3 Å². The summed E-state index contributed by atoms with van der Waals surface area (Å²) in [6.07, 6.45) is 6.62. The predicted molar refractivity (Wildman–Crippen MR) is 189 cm³/mol. The molecule has 0 bridgehead atoms. The van der Waals surface area contributed by atoms with Gasteiger partial charge in [-0.2, -0.15) is 0 Å². The van der Waals surface area contributed by atoms with Crippen LogP contribution in [0.3, 0.4) is 0 Å². The molecule has 1 aliphatic carbocycles. The molecule has 0 spiro atoms. The molecule has 48 heavy (non-hydrogen) atoms. The van der Waals surface area contributed by atoms with Gasteiger partial charge in [-0.1, -0.05) is 45.4 Å². The topological polar surface area (TPSA) is 168 Å². The average molecular weight is 659 g/mol. The molecule has 1 aromatic heterocycles. The van der Waals surface area contributed by atoms with Crippen molar-refractivity contribution < 1.29 is 18.8 Å². The van der Waals surface area contributed by atoms with Crippen LogP contribution in [-0.4, -0.2) is 48.7 Å². The number of para-hydroxylation sites is 1. The van der Waals surface area contributed by atoms with Gasteiger partial charge in [0.15, 0.2) is 0 Å². The van der Waals surface area contributed by atoms with E-state index in [4.69, 9.17) is 11.5 Å². The van der Waals surface area contributed by atoms with Gasteiger partial charge in [-0.3, -0.25) is 19.4 Å². The maximum atomic E-state index is 15.5. The molecule has 2 aromatic carbocycles. The zero-order valence-electron chi connectivity index (χ0n) is 28.5. The molecule has 256 valence electrons. The molecular weight excluding hydrogens is 611 g/mol. The Morgan fingerprint density at radius 2 is 1.79 bits per heavy atom. The molecule has 0 unspecified atom stereocenters. The number of allylic oxidation sites excluding steroid dienone is 1. The molecule has 3 aromatic rings. The molecule has 0 aliphatic heterocycles. The van der Waals surface area contributed by atoms with Crippen LogP contribution in [0, 0.1) is 11.7 Å². The van der Waals surface area contributed by atoms with Gasteiger partial charge in [-0.15, -0.1) is 0 Å². The summed E-state index contributed by atoms with van der Waals surface area (Å²) in [5.41, 5.74) is 16.2. The molecule has 3 amide bonds. The Bertz CT molecular complexity index is 1680. The number of benzene rings is 2. The summed E-state index contributed by atoms with van der Waals surface area (Å²) in [5, 5.41) is 11.4. The summed E-state index contributed by atoms with van der Waals surface area (Å²) in [4.78, 5) is 43.7. The Labute approximate surface area is 282 Å². The number of hydrogen-bond acceptors (Lipinski definition) is 8. The van der Waals surface area contributed by atoms with Crippen molar-refractivity contribution in [3.05, 3.63) is 101 Å². The number of aromatic nitrogens is 1. The van der Waals surface area contributed by atoms with Gasteiger partial charge in [-0.05, 0) is 60.7 Å². The summed E-state index contributed by atoms with van der Waals surface area (Å²) in [6, 6.07) is 13.6. The molecule has 0 radical (unpaired) electrons. The lowest BCUT2D eigenvalue weighted by molar-refractivity contribution is -0.121. The molecular formula is C36H47FN8O3. The fraction of sp³-hybridized carbons (Fsp3) is 0.333. The van der Waals surface area contributed by atoms with Gasteiger partial charge >= 0.3 is 0 Å². The van der Waals surface area contributed by atoms with Crippen molar-refractivity contribution in [3.63, 3.8) is 0 Å². The zero-order chi connectivity index (χ0) is 35.4. The molecule has 1 fully saturated rings. The molecule has 8 N–H and O–H groups in total. The Morgan fingerprint density at radius 3 is 2.42 bits per heavy atom. The first-order valence-electron chi connectivity index (χ1n) is 16.1. The van der Waals surface area contributed by atoms with Crippen LogP contribution in [0.4, 0.5) is 15.8 Å². The Morgan fingerprint density at radius 1 is 1.06 bits per heavy atom. The van der Waals surface area contributed by atoms with E-state index in [0.29, 0.717) is 22.5 Å². The van der Waals surface area contributed by atoms with Crippen LogP contribution in [0.5, 0.6) is 0 Å². The smallest absolute Gasteiger partial charge is 0.269 e. The van der Waals surface area contributed by atoms with Crippen molar-refractivity contribution in [1.82, 2.24) is 20.5 Å². The van der Waals surface area contributed by atoms with E-state index in [1.807, 2.05) is 26.0 Å². The third kappa shape index (κ3) is 9.57. The van der Waals surface area contributed by atoms with E-state index in [2.05, 4.69) is 33.2 Å². The summed E-state index contributed by atoms with van der Waals surface area (Å²) in [6.45, 7) is 6.34. The van der Waals surface area contributed by atoms with Crippen LogP contribution in [0.25, 0.3) is 11.1 Å². The van der Waals surface area contributed by atoms with E-state index >= 15 is 4.39 Å². The first-order chi connectivity index (χ1) is 23.1. The molecule has 11 nitrogen and oxygen atoms in total. The number of anilines is 2. The van der Waals surface area contributed by atoms with Crippen molar-refractivity contribution in [1.29, 1.82) is 0 Å². The van der Waals surface area contributed by atoms with Crippen LogP contribution in [0.1, 0.15) is 61.6 Å². The molecule has 1 heterocycles. The third-order valence-electron chi connectivity index (χ3n) is 7.54. The van der Waals surface area contributed by atoms with E-state index in [1.54, 1.807) is 44.6 Å². The van der Waals surface area contributed by atoms with E-state index < -0.39 is 17.6 Å². The van der Waals surface area contributed by atoms with E-state index in [-0.39, 0.29) is 41.1 Å². The fourth-order valence-corrected chi connectivity index (χ4v) is 4.97. The maximum Gasteiger partial charge on any atom is 0.269 e. The number of carbonyl (C=O) groups excluding carboxylic acids is 3. The minimum atomic E-state index is -0.672. The minimum absolute atomic E-state index is 0.0187. The van der Waals surface area contributed by atoms with Crippen molar-refractivity contribution in [3.8, 4) is 11.1 Å². The number of pyridine rings is 1. The molecule has 1 saturated carbocycles. The summed E-state index contributed by atoms with van der Waals surface area (Å²) < 4.78 is 15.5. The van der Waals surface area contributed by atoms with Gasteiger partial charge in [-0.25, -0.2) is 4.39 Å². The highest BCUT2D eigenvalue weighted by atomic mass is 19.1. The zero-order valence-corrected chi connectivity index (χ0v) is 28.5. The highest BCUT2D eigenvalue weighted by Crippen LogP contribution is 2.36. The second-order valence-corrected chi connectivity index (χ2v) is 11.1. The molecule has 12 heteroatoms. The van der Waals surface area contributed by atoms with Crippen LogP contribution in [-0.2, 0) is 22.6 Å². The predicted octanol–water partition coefficient (Wildman–Crippen LogP) is 4.83. The molecule has 4 rings (SSSR count). The summed E-state index contributed by atoms with van der Waals surface area (Å²) in [7, 11) is 4.76. The number of amides is 3. The van der Waals surface area contributed by atoms with E-state index in [1.165, 1.54) is 30.2 Å². The molecule has 1 aliphatic rings. The standard InChI is InChI=1S/C34H41FN8O3.C2H6/c1-5-7-20-14-15-40-23(16-20)19-43(4)34(46)25-13-12-22(17-26(25)35)24-8-6-9-27(31(24)38-2)41-28(30(37)33(45)39-3)18-29(36)42-32(44)21-10-11-21;1-2/h6,8-9,12-18,21,38,41H,5,7,10-11,19,36-37H2,1-4H3,(H,39,45)(H,42,44);1-2H3/b29-18+,30-28+;. The van der Waals surface area contributed by atoms with Gasteiger partial charge in [0, 0.05) is 44.9 Å². The molecule has 0 saturated heterocycles. The fourth-order valence-electron chi connectivity index (χ4n) is 4.97. The summed E-state index contributed by atoms with van der Waals surface area (Å²) in [5.74, 6) is -1.94. The number of likely N-dealkylation sites (N-methyl/N-ethyl adjacent to an activating group) is 1. The van der Waals surface area contributed by atoms with Crippen LogP contribution in [0.2, 0.25) is 0 Å². The van der Waals surface area contributed by atoms with Crippen LogP contribution >= 0.6 is 0 Å². The number of carbonyl (C=O) groups is 3. The molecule has 0 atom stereocenters. The number of nitrogens with one attached hydrogen (secondary N) is 4. The average Bonchev–Trinajstić information content (AvgIpc) is 3.94. The lowest BCUT2D eigenvalue weighted by Crippen LogP contribution is -2.31. The van der Waals surface area contributed by atoms with E-state index in [0.717, 1.165) is 36.9 Å². The van der Waals surface area contributed by atoms with E-state index in [9.17, 15) is 14.4 Å². The highest BCUT2D eigenvalue weighted by Gasteiger charge is 2.29. The lowest BCUT2D eigenvalue weighted by Gasteiger charge is -2.20. The number of halogens is 1. The Balaban J connectivity index is 0.00000307. The largest absolute Gasteiger partial charge is 0.393 e. The monoisotopic (exact) mass is 658 g/mol. The summed E-state index contributed by atoms with van der Waals surface area (Å²) >= 11 is 0. The number of nitrogens with zero attached hydrogens (tertiary/aromatic N) is 2. The van der Waals surface area contributed by atoms with Gasteiger partial charge in [0.25, 0.3) is 11.8 Å². The SMILES string of the molecule is CC.CCCc1ccnc(CN(C)C(=O)c2ccc(-c3cccc(NC(/C=C(\N)NC(=O)C4CC4)=C(/N)C(=O)NC)c3NC)cc2F)c1. The van der Waals surface area contributed by atoms with Gasteiger partial charge < -0.3 is 37.6 Å². The Kier molecular flexibility index (Phi) is 13.5. The number of hydrogen-bond donors (Lipinski definition) is 6. The number of nitrogens with two attached hydrogens (primary N) is 2. The first-order valence-corrected chi connectivity index (χ1v) is 16.1. The van der Waals surface area contributed by atoms with Crippen molar-refractivity contribution in [2.45, 2.75) is 53.0 Å². The highest BCUT2D eigenvalue weighted by molar-refractivity contribution is 5.97. The quantitative estimate of drug-likeness (QED) is 0.112. The third-order valence-corrected chi connectivity index (χ3v) is 7.54. The maximum absolute atomic E-state index is 15.5. The van der Waals surface area contributed by atoms with Gasteiger partial charge in [0.2, 0.25) is 5.91 Å². The second-order valence-electron chi connectivity index (χ2n) is 11.1. The lowest BCUT2D eigenvalue weighted by atomic mass is 10.00. The van der Waals surface area contributed by atoms with Gasteiger partial charge in [0.05, 0.1) is 34.9 Å². The second kappa shape index (κ2) is 17.5. The number of rotatable bonds is 13. The van der Waals surface area contributed by atoms with Crippen LogP contribution < -0.4 is 32.7 Å². The minimum Gasteiger partial charge on any atom is -0.393 e. The van der Waals surface area contributed by atoms with Crippen molar-refractivity contribution >= 4 is 29.1 Å². The van der Waals surface area contributed by atoms with Crippen LogP contribution in [0.15, 0.2) is 78.0 Å². The normalized spacial score (nSPS) is 12.9. The number of aryl methyl sites for hydroxylation is 1. The van der Waals surface area contributed by atoms with Crippen molar-refractivity contribution in [2.24, 2.45) is 17.4 Å². The first kappa shape index (κ1) is 37.1.